The number of fused-ring (bicyclic) bond motifs is 2. The molecule has 1 N–H and O–H groups in total. The normalized spacial score (nSPS) is 19.0. The van der Waals surface area contributed by atoms with E-state index >= 15 is 0 Å². The second-order valence-electron chi connectivity index (χ2n) is 12.2. The van der Waals surface area contributed by atoms with E-state index in [0.717, 1.165) is 37.2 Å². The fourth-order valence-corrected chi connectivity index (χ4v) is 5.81. The summed E-state index contributed by atoms with van der Waals surface area (Å²) in [7, 11) is 2.01. The quantitative estimate of drug-likeness (QED) is 0.611. The Kier molecular flexibility index (Phi) is 8.19. The third-order valence-corrected chi connectivity index (χ3v) is 7.97. The molecule has 8 heteroatoms. The average molecular weight is 547 g/mol. The Labute approximate surface area is 237 Å². The summed E-state index contributed by atoms with van der Waals surface area (Å²) in [5.41, 5.74) is 6.00. The Bertz CT molecular complexity index is 1280. The molecule has 2 amide bonds. The Morgan fingerprint density at radius 1 is 1.00 bits per heavy atom. The van der Waals surface area contributed by atoms with Crippen LogP contribution in [0.2, 0.25) is 0 Å². The number of aliphatic hydroxyl groups excluding tert-OH is 1. The standard InChI is InChI=1S/C32H42N4O4/c1-32(2,3)40-31(39)35-15-12-24(13-16-35)25-9-10-28-29(19-25)33(4)17-18-36(30(28)38)22-27(37)21-34-14-11-23-7-5-6-8-26(23)20-34/h5-10,12,19,27,37H,11,13-18,20-22H2,1-4H3. The third kappa shape index (κ3) is 6.50. The summed E-state index contributed by atoms with van der Waals surface area (Å²) in [6.45, 7) is 10.6. The van der Waals surface area contributed by atoms with Gasteiger partial charge in [-0.2, -0.15) is 0 Å². The molecule has 40 heavy (non-hydrogen) atoms. The third-order valence-electron chi connectivity index (χ3n) is 7.97. The zero-order valence-corrected chi connectivity index (χ0v) is 24.2. The van der Waals surface area contributed by atoms with E-state index in [0.29, 0.717) is 44.8 Å². The molecule has 0 saturated heterocycles. The first-order valence-electron chi connectivity index (χ1n) is 14.4. The van der Waals surface area contributed by atoms with Crippen LogP contribution in [0.5, 0.6) is 0 Å². The number of nitrogens with zero attached hydrogens (tertiary/aromatic N) is 4. The number of anilines is 1. The number of benzene rings is 2. The van der Waals surface area contributed by atoms with E-state index in [-0.39, 0.29) is 12.0 Å². The Morgan fingerprint density at radius 3 is 2.50 bits per heavy atom. The van der Waals surface area contributed by atoms with Crippen molar-refractivity contribution in [1.29, 1.82) is 0 Å². The first-order valence-corrected chi connectivity index (χ1v) is 14.4. The maximum atomic E-state index is 13.6. The molecule has 0 aliphatic carbocycles. The van der Waals surface area contributed by atoms with E-state index in [1.165, 1.54) is 16.7 Å². The van der Waals surface area contributed by atoms with Crippen LogP contribution in [0.25, 0.3) is 5.57 Å². The molecule has 0 saturated carbocycles. The van der Waals surface area contributed by atoms with Gasteiger partial charge in [-0.05, 0) is 68.0 Å². The Balaban J connectivity index is 1.23. The zero-order valence-electron chi connectivity index (χ0n) is 24.2. The molecule has 0 bridgehead atoms. The lowest BCUT2D eigenvalue weighted by Crippen LogP contribution is -2.44. The minimum Gasteiger partial charge on any atom is -0.444 e. The van der Waals surface area contributed by atoms with Gasteiger partial charge in [-0.3, -0.25) is 9.69 Å². The van der Waals surface area contributed by atoms with Crippen molar-refractivity contribution in [3.63, 3.8) is 0 Å². The number of carbonyl (C=O) groups is 2. The van der Waals surface area contributed by atoms with E-state index in [9.17, 15) is 14.7 Å². The van der Waals surface area contributed by atoms with Crippen LogP contribution in [0.15, 0.2) is 48.5 Å². The maximum absolute atomic E-state index is 13.6. The molecule has 2 aromatic rings. The molecule has 0 fully saturated rings. The van der Waals surface area contributed by atoms with Crippen LogP contribution in [0, 0.1) is 0 Å². The number of rotatable bonds is 5. The number of likely N-dealkylation sites (N-methyl/N-ethyl adjacent to an activating group) is 1. The molecule has 3 heterocycles. The van der Waals surface area contributed by atoms with Gasteiger partial charge in [0, 0.05) is 65.1 Å². The molecule has 3 aliphatic rings. The number of carbonyl (C=O) groups excluding carboxylic acids is 2. The lowest BCUT2D eigenvalue weighted by Gasteiger charge is -2.32. The fraction of sp³-hybridized carbons (Fsp3) is 0.500. The van der Waals surface area contributed by atoms with Gasteiger partial charge >= 0.3 is 6.09 Å². The molecule has 0 spiro atoms. The van der Waals surface area contributed by atoms with Crippen LogP contribution >= 0.6 is 0 Å². The first-order chi connectivity index (χ1) is 19.1. The molecule has 0 aromatic heterocycles. The summed E-state index contributed by atoms with van der Waals surface area (Å²) in [6.07, 6.45) is 2.90. The largest absolute Gasteiger partial charge is 0.444 e. The molecule has 0 radical (unpaired) electrons. The second kappa shape index (κ2) is 11.6. The lowest BCUT2D eigenvalue weighted by atomic mass is 9.97. The highest BCUT2D eigenvalue weighted by Gasteiger charge is 2.29. The molecule has 8 nitrogen and oxygen atoms in total. The van der Waals surface area contributed by atoms with Crippen molar-refractivity contribution in [1.82, 2.24) is 14.7 Å². The van der Waals surface area contributed by atoms with Crippen molar-refractivity contribution < 1.29 is 19.4 Å². The van der Waals surface area contributed by atoms with Crippen molar-refractivity contribution in [2.24, 2.45) is 0 Å². The summed E-state index contributed by atoms with van der Waals surface area (Å²) in [5.74, 6) is -0.0392. The predicted molar refractivity (Wildman–Crippen MR) is 157 cm³/mol. The summed E-state index contributed by atoms with van der Waals surface area (Å²) in [6, 6.07) is 14.5. The van der Waals surface area contributed by atoms with Crippen molar-refractivity contribution in [3.8, 4) is 0 Å². The molecule has 1 atom stereocenters. The number of aliphatic hydroxyl groups is 1. The molecule has 5 rings (SSSR count). The van der Waals surface area contributed by atoms with Crippen LogP contribution in [0.3, 0.4) is 0 Å². The minimum absolute atomic E-state index is 0.0392. The van der Waals surface area contributed by atoms with Crippen molar-refractivity contribution in [3.05, 3.63) is 70.8 Å². The topological polar surface area (TPSA) is 76.6 Å². The van der Waals surface area contributed by atoms with E-state index in [2.05, 4.69) is 46.2 Å². The monoisotopic (exact) mass is 546 g/mol. The van der Waals surface area contributed by atoms with E-state index in [1.807, 2.05) is 40.0 Å². The fourth-order valence-electron chi connectivity index (χ4n) is 5.81. The Hall–Kier alpha value is -3.36. The summed E-state index contributed by atoms with van der Waals surface area (Å²) in [5, 5.41) is 11.0. The van der Waals surface area contributed by atoms with Gasteiger partial charge in [-0.15, -0.1) is 0 Å². The average Bonchev–Trinajstić information content (AvgIpc) is 3.04. The van der Waals surface area contributed by atoms with Crippen molar-refractivity contribution >= 4 is 23.3 Å². The van der Waals surface area contributed by atoms with Gasteiger partial charge in [0.05, 0.1) is 11.7 Å². The molecule has 214 valence electrons. The lowest BCUT2D eigenvalue weighted by molar-refractivity contribution is 0.0270. The highest BCUT2D eigenvalue weighted by atomic mass is 16.6. The van der Waals surface area contributed by atoms with Gasteiger partial charge in [-0.25, -0.2) is 4.79 Å². The summed E-state index contributed by atoms with van der Waals surface area (Å²) >= 11 is 0. The van der Waals surface area contributed by atoms with Gasteiger partial charge in [0.25, 0.3) is 5.91 Å². The number of β-amino-alcohol motifs (C(OH)–C–C–N with tert-alkyl or cyclic N) is 1. The molecule has 2 aromatic carbocycles. The number of hydrogen-bond acceptors (Lipinski definition) is 6. The van der Waals surface area contributed by atoms with E-state index in [1.54, 1.807) is 9.80 Å². The van der Waals surface area contributed by atoms with E-state index < -0.39 is 11.7 Å². The first kappa shape index (κ1) is 28.2. The Morgan fingerprint density at radius 2 is 1.77 bits per heavy atom. The summed E-state index contributed by atoms with van der Waals surface area (Å²) in [4.78, 5) is 34.0. The van der Waals surface area contributed by atoms with Crippen molar-refractivity contribution in [2.45, 2.75) is 51.9 Å². The van der Waals surface area contributed by atoms with Crippen molar-refractivity contribution in [2.75, 3.05) is 57.8 Å². The summed E-state index contributed by atoms with van der Waals surface area (Å²) < 4.78 is 5.51. The molecular formula is C32H42N4O4. The van der Waals surface area contributed by atoms with Gasteiger partial charge < -0.3 is 24.5 Å². The zero-order chi connectivity index (χ0) is 28.4. The minimum atomic E-state index is -0.611. The van der Waals surface area contributed by atoms with E-state index in [4.69, 9.17) is 4.74 Å². The number of hydrogen-bond donors (Lipinski definition) is 1. The SMILES string of the molecule is CN1CCN(CC(O)CN2CCc3ccccc3C2)C(=O)c2ccc(C3=CCN(C(=O)OC(C)(C)C)CC3)cc21. The van der Waals surface area contributed by atoms with Crippen LogP contribution in [-0.2, 0) is 17.7 Å². The highest BCUT2D eigenvalue weighted by molar-refractivity contribution is 6.01. The number of ether oxygens (including phenoxy) is 1. The maximum Gasteiger partial charge on any atom is 0.410 e. The smallest absolute Gasteiger partial charge is 0.410 e. The van der Waals surface area contributed by atoms with Gasteiger partial charge in [0.2, 0.25) is 0 Å². The van der Waals surface area contributed by atoms with Crippen LogP contribution in [0.4, 0.5) is 10.5 Å². The van der Waals surface area contributed by atoms with Gasteiger partial charge in [0.1, 0.15) is 5.60 Å². The second-order valence-corrected chi connectivity index (χ2v) is 12.2. The molecule has 3 aliphatic heterocycles. The van der Waals surface area contributed by atoms with Gasteiger partial charge in [-0.1, -0.05) is 36.4 Å². The van der Waals surface area contributed by atoms with Crippen LogP contribution in [0.1, 0.15) is 54.2 Å². The van der Waals surface area contributed by atoms with Gasteiger partial charge in [0.15, 0.2) is 0 Å². The molecular weight excluding hydrogens is 504 g/mol. The predicted octanol–water partition coefficient (Wildman–Crippen LogP) is 4.02. The molecule has 1 unspecified atom stereocenters. The van der Waals surface area contributed by atoms with Crippen LogP contribution in [-0.4, -0.2) is 96.4 Å². The number of amides is 2. The highest BCUT2D eigenvalue weighted by Crippen LogP contribution is 2.31. The van der Waals surface area contributed by atoms with Crippen LogP contribution < -0.4 is 4.90 Å².